The first-order chi connectivity index (χ1) is 14.9. The summed E-state index contributed by atoms with van der Waals surface area (Å²) in [5, 5.41) is 17.4. The van der Waals surface area contributed by atoms with Gasteiger partial charge in [-0.15, -0.1) is 15.3 Å². The molecule has 8 nitrogen and oxygen atoms in total. The van der Waals surface area contributed by atoms with Gasteiger partial charge in [0.1, 0.15) is 5.75 Å². The number of aromatic nitrogens is 5. The van der Waals surface area contributed by atoms with E-state index in [-0.39, 0.29) is 17.0 Å². The summed E-state index contributed by atoms with van der Waals surface area (Å²) in [4.78, 5) is 4.67. The van der Waals surface area contributed by atoms with Crippen molar-refractivity contribution in [2.75, 3.05) is 5.32 Å². The highest BCUT2D eigenvalue weighted by atomic mass is 35.5. The van der Waals surface area contributed by atoms with Crippen molar-refractivity contribution in [1.29, 1.82) is 0 Å². The molecule has 2 heterocycles. The minimum Gasteiger partial charge on any atom is -0.425 e. The molecule has 164 valence electrons. The lowest BCUT2D eigenvalue weighted by atomic mass is 9.57. The minimum absolute atomic E-state index is 0.00664. The Labute approximate surface area is 186 Å². The third kappa shape index (κ3) is 3.78. The van der Waals surface area contributed by atoms with Crippen LogP contribution in [0.5, 0.6) is 11.8 Å². The predicted molar refractivity (Wildman–Crippen MR) is 117 cm³/mol. The van der Waals surface area contributed by atoms with Crippen LogP contribution in [0.15, 0.2) is 28.7 Å². The normalized spacial score (nSPS) is 25.2. The number of fused-ring (bicyclic) bond motifs is 3. The molecular formula is C22H27ClN6O2. The van der Waals surface area contributed by atoms with Gasteiger partial charge in [0.25, 0.3) is 0 Å². The van der Waals surface area contributed by atoms with Gasteiger partial charge in [0.2, 0.25) is 17.7 Å². The van der Waals surface area contributed by atoms with Crippen LogP contribution in [0.3, 0.4) is 0 Å². The maximum Gasteiger partial charge on any atom is 0.322 e. The summed E-state index contributed by atoms with van der Waals surface area (Å²) < 4.78 is 13.6. The molecule has 31 heavy (non-hydrogen) atoms. The number of aryl methyl sites for hydroxylation is 1. The van der Waals surface area contributed by atoms with Crippen molar-refractivity contribution in [3.8, 4) is 11.8 Å². The van der Waals surface area contributed by atoms with Crippen molar-refractivity contribution < 1.29 is 9.15 Å². The molecule has 3 aliphatic rings. The molecule has 0 aliphatic heterocycles. The lowest BCUT2D eigenvalue weighted by molar-refractivity contribution is 0.0966. The van der Waals surface area contributed by atoms with E-state index >= 15 is 0 Å². The zero-order valence-corrected chi connectivity index (χ0v) is 18.8. The highest BCUT2D eigenvalue weighted by Gasteiger charge is 2.52. The minimum atomic E-state index is -0.00664. The predicted octanol–water partition coefficient (Wildman–Crippen LogP) is 5.45. The number of hydrogen-bond acceptors (Lipinski definition) is 7. The van der Waals surface area contributed by atoms with Crippen LogP contribution in [-0.4, -0.2) is 30.5 Å². The molecule has 2 aromatic heterocycles. The number of anilines is 1. The van der Waals surface area contributed by atoms with Crippen molar-refractivity contribution in [3.63, 3.8) is 0 Å². The summed E-state index contributed by atoms with van der Waals surface area (Å²) in [7, 11) is 0. The van der Waals surface area contributed by atoms with E-state index < -0.39 is 0 Å². The second-order valence-electron chi connectivity index (χ2n) is 9.13. The van der Waals surface area contributed by atoms with Crippen molar-refractivity contribution >= 4 is 17.5 Å². The average Bonchev–Trinajstić information content (AvgIpc) is 3.36. The Morgan fingerprint density at radius 3 is 2.48 bits per heavy atom. The van der Waals surface area contributed by atoms with Gasteiger partial charge in [-0.05, 0) is 70.6 Å². The molecule has 3 fully saturated rings. The molecule has 2 bridgehead atoms. The lowest BCUT2D eigenvalue weighted by Gasteiger charge is -2.51. The van der Waals surface area contributed by atoms with Gasteiger partial charge in [-0.25, -0.2) is 4.68 Å². The summed E-state index contributed by atoms with van der Waals surface area (Å²) in [6.07, 6.45) is 6.15. The Morgan fingerprint density at radius 2 is 1.87 bits per heavy atom. The largest absolute Gasteiger partial charge is 0.425 e. The first-order valence-corrected chi connectivity index (χ1v) is 11.2. The van der Waals surface area contributed by atoms with Crippen LogP contribution < -0.4 is 10.1 Å². The second-order valence-corrected chi connectivity index (χ2v) is 9.56. The monoisotopic (exact) mass is 442 g/mol. The lowest BCUT2D eigenvalue weighted by Crippen LogP contribution is -2.52. The Kier molecular flexibility index (Phi) is 4.92. The molecule has 6 rings (SSSR count). The third-order valence-corrected chi connectivity index (χ3v) is 6.93. The van der Waals surface area contributed by atoms with Crippen LogP contribution in [-0.2, 0) is 5.41 Å². The number of halogens is 1. The third-order valence-electron chi connectivity index (χ3n) is 6.70. The fraction of sp³-hybridized carbons (Fsp3) is 0.545. The first kappa shape index (κ1) is 20.3. The van der Waals surface area contributed by atoms with Gasteiger partial charge in [0.05, 0.1) is 6.04 Å². The number of benzene rings is 1. The van der Waals surface area contributed by atoms with Crippen LogP contribution >= 0.6 is 11.6 Å². The highest BCUT2D eigenvalue weighted by molar-refractivity contribution is 6.30. The second kappa shape index (κ2) is 7.51. The Hall–Kier alpha value is -2.61. The zero-order chi connectivity index (χ0) is 21.6. The maximum absolute atomic E-state index is 6.10. The van der Waals surface area contributed by atoms with E-state index in [1.807, 2.05) is 25.1 Å². The smallest absolute Gasteiger partial charge is 0.322 e. The van der Waals surface area contributed by atoms with E-state index in [2.05, 4.69) is 34.3 Å². The summed E-state index contributed by atoms with van der Waals surface area (Å²) in [5.41, 5.74) is 0.0174. The van der Waals surface area contributed by atoms with Crippen molar-refractivity contribution in [1.82, 2.24) is 25.0 Å². The van der Waals surface area contributed by atoms with E-state index in [1.54, 1.807) is 10.7 Å². The van der Waals surface area contributed by atoms with Gasteiger partial charge in [-0.2, -0.15) is 4.98 Å². The van der Waals surface area contributed by atoms with Crippen LogP contribution in [0.2, 0.25) is 5.02 Å². The Morgan fingerprint density at radius 1 is 1.13 bits per heavy atom. The fourth-order valence-corrected chi connectivity index (χ4v) is 5.03. The van der Waals surface area contributed by atoms with Gasteiger partial charge >= 0.3 is 6.01 Å². The molecule has 0 amide bonds. The fourth-order valence-electron chi connectivity index (χ4n) is 4.85. The molecule has 0 saturated heterocycles. The number of hydrogen-bond donors (Lipinski definition) is 1. The molecule has 3 aliphatic carbocycles. The molecule has 9 heteroatoms. The Balaban J connectivity index is 1.34. The zero-order valence-electron chi connectivity index (χ0n) is 18.1. The van der Waals surface area contributed by atoms with Crippen LogP contribution in [0.1, 0.15) is 70.2 Å². The summed E-state index contributed by atoms with van der Waals surface area (Å²) >= 11 is 6.10. The number of nitrogens with one attached hydrogen (secondary N) is 1. The first-order valence-electron chi connectivity index (χ1n) is 10.9. The van der Waals surface area contributed by atoms with Gasteiger partial charge in [0, 0.05) is 22.9 Å². The molecule has 1 N–H and O–H groups in total. The topological polar surface area (TPSA) is 90.9 Å². The van der Waals surface area contributed by atoms with Gasteiger partial charge < -0.3 is 14.5 Å². The molecule has 0 unspecified atom stereocenters. The van der Waals surface area contributed by atoms with E-state index in [9.17, 15) is 0 Å². The van der Waals surface area contributed by atoms with Crippen molar-refractivity contribution in [3.05, 3.63) is 41.1 Å². The Bertz CT molecular complexity index is 1070. The molecular weight excluding hydrogens is 416 g/mol. The van der Waals surface area contributed by atoms with Crippen molar-refractivity contribution in [2.24, 2.45) is 0 Å². The molecule has 3 aromatic rings. The quantitative estimate of drug-likeness (QED) is 0.542. The summed E-state index contributed by atoms with van der Waals surface area (Å²) in [6.45, 7) is 5.97. The van der Waals surface area contributed by atoms with Gasteiger partial charge in [-0.3, -0.25) is 0 Å². The average molecular weight is 443 g/mol. The standard InChI is InChI=1S/C22H27ClN6O2/c1-14(2)29-20(31-17-6-4-5-16(23)13-17)24-19(28-29)25-22-10-7-21(8-11-22,9-12-22)18-27-26-15(3)30-18/h4-6,13-14H,7-12H2,1-3H3,(H,25,28). The van der Waals surface area contributed by atoms with Gasteiger partial charge in [0.15, 0.2) is 0 Å². The van der Waals surface area contributed by atoms with Crippen molar-refractivity contribution in [2.45, 2.75) is 76.3 Å². The summed E-state index contributed by atoms with van der Waals surface area (Å²) in [6, 6.07) is 7.87. The van der Waals surface area contributed by atoms with Crippen LogP contribution in [0.4, 0.5) is 5.95 Å². The molecule has 0 radical (unpaired) electrons. The maximum atomic E-state index is 6.10. The number of rotatable bonds is 6. The number of nitrogens with zero attached hydrogens (tertiary/aromatic N) is 5. The SMILES string of the molecule is Cc1nnc(C23CCC(Nc4nc(Oc5cccc(Cl)c5)n(C(C)C)n4)(CC2)CC3)o1. The van der Waals surface area contributed by atoms with Crippen LogP contribution in [0, 0.1) is 6.92 Å². The molecule has 0 atom stereocenters. The summed E-state index contributed by atoms with van der Waals surface area (Å²) in [5.74, 6) is 2.69. The molecule has 0 spiro atoms. The van der Waals surface area contributed by atoms with E-state index in [4.69, 9.17) is 25.9 Å². The van der Waals surface area contributed by atoms with Gasteiger partial charge in [-0.1, -0.05) is 17.7 Å². The van der Waals surface area contributed by atoms with Crippen LogP contribution in [0.25, 0.3) is 0 Å². The van der Waals surface area contributed by atoms with E-state index in [0.717, 1.165) is 44.4 Å². The van der Waals surface area contributed by atoms with E-state index in [0.29, 0.717) is 28.6 Å². The number of ether oxygens (including phenoxy) is 1. The van der Waals surface area contributed by atoms with E-state index in [1.165, 1.54) is 0 Å². The molecule has 1 aromatic carbocycles. The molecule has 3 saturated carbocycles. The highest BCUT2D eigenvalue weighted by Crippen LogP contribution is 2.54.